The monoisotopic (exact) mass is 412 g/mol. The Morgan fingerprint density at radius 3 is 0.750 bits per heavy atom. The van der Waals surface area contributed by atoms with Crippen LogP contribution in [0.4, 0.5) is 0 Å². The second kappa shape index (κ2) is 15.3. The van der Waals surface area contributed by atoms with Gasteiger partial charge in [-0.1, -0.05) is 97.1 Å². The Hall–Kier alpha value is -2.80. The van der Waals surface area contributed by atoms with E-state index in [0.717, 1.165) is 0 Å². The van der Waals surface area contributed by atoms with Gasteiger partial charge in [0, 0.05) is 0 Å². The largest absolute Gasteiger partial charge is 0.508 e. The summed E-state index contributed by atoms with van der Waals surface area (Å²) in [6.07, 6.45) is 0. The molecule has 0 spiro atoms. The van der Waals surface area contributed by atoms with Gasteiger partial charge in [0.05, 0.1) is 0 Å². The summed E-state index contributed by atoms with van der Waals surface area (Å²) in [5, 5.41) is 17.3. The molecule has 4 aromatic carbocycles. The zero-order valence-electron chi connectivity index (χ0n) is 15.6. The standard InChI is InChI=1S/C12H10.2C6H6O.ClH.H3P/c1-3-7-11(8-4-1)12-9-5-2-6-10-12;2*7-6-4-2-1-3-5-6;;/h1-10H;2*1-5,7H;1H;1H3. The molecule has 1 unspecified atom stereocenters. The summed E-state index contributed by atoms with van der Waals surface area (Å²) in [7, 11) is 0. The molecular formula is C24H26ClO2P. The van der Waals surface area contributed by atoms with Crippen molar-refractivity contribution in [1.29, 1.82) is 0 Å². The van der Waals surface area contributed by atoms with Crippen LogP contribution in [0.15, 0.2) is 121 Å². The van der Waals surface area contributed by atoms with Gasteiger partial charge in [0.15, 0.2) is 0 Å². The second-order valence-electron chi connectivity index (χ2n) is 5.40. The number of hydrogen-bond donors (Lipinski definition) is 2. The van der Waals surface area contributed by atoms with Crippen molar-refractivity contribution >= 4 is 22.3 Å². The predicted molar refractivity (Wildman–Crippen MR) is 126 cm³/mol. The van der Waals surface area contributed by atoms with Crippen molar-refractivity contribution in [2.75, 3.05) is 0 Å². The summed E-state index contributed by atoms with van der Waals surface area (Å²) in [4.78, 5) is 0. The topological polar surface area (TPSA) is 40.5 Å². The highest BCUT2D eigenvalue weighted by atomic mass is 35.5. The molecule has 0 aliphatic carbocycles. The van der Waals surface area contributed by atoms with Gasteiger partial charge in [-0.2, -0.15) is 9.90 Å². The fraction of sp³-hybridized carbons (Fsp3) is 0. The van der Waals surface area contributed by atoms with Gasteiger partial charge in [0.1, 0.15) is 11.5 Å². The molecule has 4 rings (SSSR count). The predicted octanol–water partition coefficient (Wildman–Crippen LogP) is 6.62. The molecule has 1 atom stereocenters. The molecule has 0 bridgehead atoms. The number of halogens is 1. The SMILES string of the molecule is Cl.Oc1ccccc1.Oc1ccccc1.P.c1ccc(-c2ccccc2)cc1. The van der Waals surface area contributed by atoms with E-state index < -0.39 is 0 Å². The lowest BCUT2D eigenvalue weighted by Crippen LogP contribution is -1.73. The third-order valence-electron chi connectivity index (χ3n) is 3.39. The van der Waals surface area contributed by atoms with E-state index in [4.69, 9.17) is 10.2 Å². The van der Waals surface area contributed by atoms with Crippen LogP contribution in [0, 0.1) is 0 Å². The highest BCUT2D eigenvalue weighted by Gasteiger charge is 1.91. The zero-order chi connectivity index (χ0) is 18.5. The molecule has 4 aromatic rings. The van der Waals surface area contributed by atoms with Crippen LogP contribution in [0.1, 0.15) is 0 Å². The molecule has 0 fully saturated rings. The average Bonchev–Trinajstić information content (AvgIpc) is 2.72. The molecule has 0 saturated heterocycles. The van der Waals surface area contributed by atoms with Gasteiger partial charge in [0.2, 0.25) is 0 Å². The Balaban J connectivity index is 0.000000399. The van der Waals surface area contributed by atoms with Crippen molar-refractivity contribution in [3.63, 3.8) is 0 Å². The molecule has 2 N–H and O–H groups in total. The fourth-order valence-corrected chi connectivity index (χ4v) is 2.12. The molecular weight excluding hydrogens is 387 g/mol. The lowest BCUT2D eigenvalue weighted by Gasteiger charge is -1.98. The fourth-order valence-electron chi connectivity index (χ4n) is 2.12. The van der Waals surface area contributed by atoms with Gasteiger partial charge in [0.25, 0.3) is 0 Å². The lowest BCUT2D eigenvalue weighted by molar-refractivity contribution is 0.475. The molecule has 0 radical (unpaired) electrons. The molecule has 0 saturated carbocycles. The summed E-state index contributed by atoms with van der Waals surface area (Å²) in [6, 6.07) is 38.2. The Kier molecular flexibility index (Phi) is 13.7. The van der Waals surface area contributed by atoms with Crippen molar-refractivity contribution in [2.24, 2.45) is 0 Å². The number of aromatic hydroxyl groups is 2. The maximum absolute atomic E-state index is 8.63. The van der Waals surface area contributed by atoms with Crippen LogP contribution in [0.3, 0.4) is 0 Å². The number of hydrogen-bond acceptors (Lipinski definition) is 2. The van der Waals surface area contributed by atoms with Crippen LogP contribution in [0.5, 0.6) is 11.5 Å². The van der Waals surface area contributed by atoms with Gasteiger partial charge < -0.3 is 10.2 Å². The van der Waals surface area contributed by atoms with Crippen LogP contribution in [0.25, 0.3) is 11.1 Å². The van der Waals surface area contributed by atoms with Crippen molar-refractivity contribution in [3.8, 4) is 22.6 Å². The van der Waals surface area contributed by atoms with Crippen molar-refractivity contribution in [2.45, 2.75) is 0 Å². The van der Waals surface area contributed by atoms with Crippen molar-refractivity contribution < 1.29 is 10.2 Å². The van der Waals surface area contributed by atoms with Crippen LogP contribution >= 0.6 is 22.3 Å². The van der Waals surface area contributed by atoms with Crippen LogP contribution in [0.2, 0.25) is 0 Å². The third kappa shape index (κ3) is 10.4. The summed E-state index contributed by atoms with van der Waals surface area (Å²) < 4.78 is 0. The number of rotatable bonds is 1. The molecule has 0 aliphatic heterocycles. The first kappa shape index (κ1) is 25.2. The Bertz CT molecular complexity index is 767. The number of phenolic OH excluding ortho intramolecular Hbond substituents is 2. The Morgan fingerprint density at radius 1 is 0.357 bits per heavy atom. The molecule has 4 heteroatoms. The third-order valence-corrected chi connectivity index (χ3v) is 3.39. The number of benzene rings is 4. The molecule has 0 aromatic heterocycles. The Morgan fingerprint density at radius 2 is 0.571 bits per heavy atom. The molecule has 0 amide bonds. The second-order valence-corrected chi connectivity index (χ2v) is 5.40. The minimum absolute atomic E-state index is 0. The van der Waals surface area contributed by atoms with Gasteiger partial charge in [-0.3, -0.25) is 0 Å². The van der Waals surface area contributed by atoms with Crippen LogP contribution in [-0.4, -0.2) is 10.2 Å². The van der Waals surface area contributed by atoms with Crippen molar-refractivity contribution in [1.82, 2.24) is 0 Å². The normalized spacial score (nSPS) is 8.43. The molecule has 2 nitrogen and oxygen atoms in total. The summed E-state index contributed by atoms with van der Waals surface area (Å²) in [5.74, 6) is 0.644. The van der Waals surface area contributed by atoms with E-state index in [2.05, 4.69) is 48.5 Å². The van der Waals surface area contributed by atoms with Crippen LogP contribution < -0.4 is 0 Å². The first-order valence-electron chi connectivity index (χ1n) is 8.34. The van der Waals surface area contributed by atoms with E-state index in [0.29, 0.717) is 11.5 Å². The highest BCUT2D eigenvalue weighted by molar-refractivity contribution is 6.92. The Labute approximate surface area is 176 Å². The minimum atomic E-state index is 0. The number of phenols is 2. The van der Waals surface area contributed by atoms with E-state index >= 15 is 0 Å². The molecule has 28 heavy (non-hydrogen) atoms. The first-order valence-corrected chi connectivity index (χ1v) is 8.34. The first-order chi connectivity index (χ1) is 12.8. The van der Waals surface area contributed by atoms with E-state index in [1.165, 1.54) is 11.1 Å². The van der Waals surface area contributed by atoms with E-state index in [1.807, 2.05) is 24.3 Å². The van der Waals surface area contributed by atoms with Gasteiger partial charge >= 0.3 is 0 Å². The van der Waals surface area contributed by atoms with Gasteiger partial charge in [-0.25, -0.2) is 0 Å². The van der Waals surface area contributed by atoms with E-state index in [-0.39, 0.29) is 22.3 Å². The smallest absolute Gasteiger partial charge is 0.115 e. The van der Waals surface area contributed by atoms with Gasteiger partial charge in [-0.15, -0.1) is 12.4 Å². The molecule has 0 heterocycles. The summed E-state index contributed by atoms with van der Waals surface area (Å²) in [6.45, 7) is 0. The number of para-hydroxylation sites is 2. The average molecular weight is 413 g/mol. The van der Waals surface area contributed by atoms with E-state index in [9.17, 15) is 0 Å². The maximum Gasteiger partial charge on any atom is 0.115 e. The summed E-state index contributed by atoms with van der Waals surface area (Å²) in [5.41, 5.74) is 2.55. The minimum Gasteiger partial charge on any atom is -0.508 e. The quantitative estimate of drug-likeness (QED) is 0.345. The highest BCUT2D eigenvalue weighted by Crippen LogP contribution is 2.17. The maximum atomic E-state index is 8.63. The zero-order valence-corrected chi connectivity index (χ0v) is 17.8. The van der Waals surface area contributed by atoms with E-state index in [1.54, 1.807) is 48.5 Å². The summed E-state index contributed by atoms with van der Waals surface area (Å²) >= 11 is 0. The van der Waals surface area contributed by atoms with Crippen LogP contribution in [-0.2, 0) is 0 Å². The molecule has 0 aliphatic rings. The van der Waals surface area contributed by atoms with Gasteiger partial charge in [-0.05, 0) is 35.4 Å². The molecule has 146 valence electrons. The lowest BCUT2D eigenvalue weighted by atomic mass is 10.1. The van der Waals surface area contributed by atoms with Crippen molar-refractivity contribution in [3.05, 3.63) is 121 Å².